The number of allylic oxidation sites excluding steroid dienone is 5. The summed E-state index contributed by atoms with van der Waals surface area (Å²) in [6, 6.07) is 15.7. The molecule has 148 valence electrons. The van der Waals surface area contributed by atoms with E-state index in [1.165, 1.54) is 44.1 Å². The molecule has 0 spiro atoms. The van der Waals surface area contributed by atoms with Gasteiger partial charge < -0.3 is 4.90 Å². The quantitative estimate of drug-likeness (QED) is 0.448. The van der Waals surface area contributed by atoms with Gasteiger partial charge in [0, 0.05) is 36.4 Å². The van der Waals surface area contributed by atoms with E-state index >= 15 is 0 Å². The van der Waals surface area contributed by atoms with E-state index in [4.69, 9.17) is 0 Å². The third kappa shape index (κ3) is 3.38. The van der Waals surface area contributed by atoms with Crippen molar-refractivity contribution in [1.29, 1.82) is 0 Å². The van der Waals surface area contributed by atoms with Gasteiger partial charge in [-0.3, -0.25) is 0 Å². The van der Waals surface area contributed by atoms with Crippen LogP contribution < -0.4 is 10.1 Å². The maximum Gasteiger partial charge on any atom is 0.199 e. The molecule has 0 saturated heterocycles. The first-order valence-electron chi connectivity index (χ1n) is 9.97. The van der Waals surface area contributed by atoms with E-state index in [9.17, 15) is 0 Å². The van der Waals surface area contributed by atoms with Gasteiger partial charge in [-0.1, -0.05) is 47.2 Å². The zero-order chi connectivity index (χ0) is 20.9. The summed E-state index contributed by atoms with van der Waals surface area (Å²) >= 11 is 3.59. The molecule has 0 amide bonds. The van der Waals surface area contributed by atoms with E-state index in [0.29, 0.717) is 0 Å². The van der Waals surface area contributed by atoms with Crippen LogP contribution in [-0.4, -0.2) is 46.6 Å². The largest absolute Gasteiger partial charge is 0.378 e. The van der Waals surface area contributed by atoms with Gasteiger partial charge in [-0.05, 0) is 63.0 Å². The van der Waals surface area contributed by atoms with Gasteiger partial charge >= 0.3 is 0 Å². The predicted molar refractivity (Wildman–Crippen MR) is 132 cm³/mol. The molecule has 0 atom stereocenters. The summed E-state index contributed by atoms with van der Waals surface area (Å²) < 4.78 is 3.31. The lowest BCUT2D eigenvalue weighted by Gasteiger charge is -2.38. The van der Waals surface area contributed by atoms with E-state index < -0.39 is 8.07 Å². The molecule has 0 radical (unpaired) electrons. The molecule has 0 aromatic heterocycles. The van der Waals surface area contributed by atoms with Crippen molar-refractivity contribution in [2.45, 2.75) is 13.1 Å². The number of halogens is 1. The minimum Gasteiger partial charge on any atom is -0.378 e. The molecule has 0 unspecified atom stereocenters. The standard InChI is InChI=1S/C25H28BrN2Si/c1-27(2)19-11-13-21-23(15-19)29(5,6)24-16-20(28(3)4)12-14-22(24)25(21)17-7-9-18(26)10-8-17/h7-16H,1-6H3/q+1. The minimum absolute atomic E-state index is 1.11. The number of anilines is 1. The second-order valence-electron chi connectivity index (χ2n) is 8.76. The van der Waals surface area contributed by atoms with E-state index in [0.717, 1.165) is 4.47 Å². The van der Waals surface area contributed by atoms with Crippen LogP contribution in [0.2, 0.25) is 13.1 Å². The van der Waals surface area contributed by atoms with E-state index in [-0.39, 0.29) is 0 Å². The Bertz CT molecular complexity index is 1110. The fraction of sp³-hybridized carbons (Fsp3) is 0.240. The van der Waals surface area contributed by atoms with Crippen molar-refractivity contribution in [2.24, 2.45) is 0 Å². The van der Waals surface area contributed by atoms with Gasteiger partial charge in [0.05, 0.1) is 0 Å². The Balaban J connectivity index is 2.07. The molecule has 2 aromatic carbocycles. The summed E-state index contributed by atoms with van der Waals surface area (Å²) in [6.45, 7) is 4.98. The monoisotopic (exact) mass is 463 g/mol. The first-order chi connectivity index (χ1) is 13.7. The summed E-state index contributed by atoms with van der Waals surface area (Å²) in [7, 11) is 6.63. The lowest BCUT2D eigenvalue weighted by atomic mass is 9.89. The summed E-state index contributed by atoms with van der Waals surface area (Å²) in [4.78, 5) is 2.20. The first kappa shape index (κ1) is 20.1. The zero-order valence-corrected chi connectivity index (χ0v) is 20.6. The van der Waals surface area contributed by atoms with Crippen molar-refractivity contribution >= 4 is 46.2 Å². The molecule has 0 fully saturated rings. The predicted octanol–water partition coefficient (Wildman–Crippen LogP) is 4.99. The van der Waals surface area contributed by atoms with Crippen molar-refractivity contribution in [2.75, 3.05) is 33.1 Å². The lowest BCUT2D eigenvalue weighted by molar-refractivity contribution is -0.462. The van der Waals surface area contributed by atoms with Gasteiger partial charge in [0.1, 0.15) is 22.2 Å². The van der Waals surface area contributed by atoms with Gasteiger partial charge in [-0.15, -0.1) is 0 Å². The van der Waals surface area contributed by atoms with Crippen molar-refractivity contribution in [1.82, 2.24) is 0 Å². The third-order valence-electron chi connectivity index (χ3n) is 6.06. The lowest BCUT2D eigenvalue weighted by Crippen LogP contribution is -2.49. The van der Waals surface area contributed by atoms with Crippen LogP contribution in [0.4, 0.5) is 5.69 Å². The highest BCUT2D eigenvalue weighted by molar-refractivity contribution is 9.10. The van der Waals surface area contributed by atoms with Gasteiger partial charge in [-0.25, -0.2) is 4.58 Å². The van der Waals surface area contributed by atoms with Crippen LogP contribution in [0.3, 0.4) is 0 Å². The molecular formula is C25H28BrN2Si+. The molecule has 4 heteroatoms. The summed E-state index contributed by atoms with van der Waals surface area (Å²) in [5, 5.41) is 3.04. The molecule has 29 heavy (non-hydrogen) atoms. The van der Waals surface area contributed by atoms with E-state index in [2.05, 4.69) is 127 Å². The van der Waals surface area contributed by atoms with Crippen molar-refractivity contribution in [3.05, 3.63) is 87.1 Å². The molecule has 0 N–H and O–H groups in total. The number of rotatable bonds is 2. The summed E-state index contributed by atoms with van der Waals surface area (Å²) in [5.74, 6) is 0. The second-order valence-corrected chi connectivity index (χ2v) is 14.0. The van der Waals surface area contributed by atoms with E-state index in [1.54, 1.807) is 0 Å². The number of benzene rings is 2. The molecule has 0 bridgehead atoms. The topological polar surface area (TPSA) is 6.25 Å². The van der Waals surface area contributed by atoms with Gasteiger partial charge in [0.2, 0.25) is 0 Å². The van der Waals surface area contributed by atoms with Crippen molar-refractivity contribution in [3.8, 4) is 0 Å². The normalized spacial score (nSPS) is 16.9. The molecule has 2 aromatic rings. The molecule has 1 aliphatic carbocycles. The van der Waals surface area contributed by atoms with Crippen LogP contribution in [0.1, 0.15) is 11.1 Å². The third-order valence-corrected chi connectivity index (χ3v) is 10.1. The fourth-order valence-electron chi connectivity index (χ4n) is 4.31. The summed E-state index contributed by atoms with van der Waals surface area (Å²) in [6.07, 6.45) is 7.01. The average Bonchev–Trinajstić information content (AvgIpc) is 2.69. The number of nitrogens with zero attached hydrogens (tertiary/aromatic N) is 2. The molecule has 2 nitrogen and oxygen atoms in total. The van der Waals surface area contributed by atoms with Crippen LogP contribution in [-0.2, 0) is 0 Å². The Morgan fingerprint density at radius 1 is 0.931 bits per heavy atom. The van der Waals surface area contributed by atoms with Crippen LogP contribution in [0.5, 0.6) is 0 Å². The Kier molecular flexibility index (Phi) is 5.04. The Morgan fingerprint density at radius 3 is 2.24 bits per heavy atom. The highest BCUT2D eigenvalue weighted by atomic mass is 79.9. The highest BCUT2D eigenvalue weighted by Gasteiger charge is 2.40. The minimum atomic E-state index is -1.86. The van der Waals surface area contributed by atoms with Gasteiger partial charge in [0.15, 0.2) is 5.71 Å². The van der Waals surface area contributed by atoms with E-state index in [1.807, 2.05) is 0 Å². The maximum absolute atomic E-state index is 3.59. The molecule has 1 aliphatic heterocycles. The van der Waals surface area contributed by atoms with Crippen LogP contribution in [0.25, 0.3) is 5.57 Å². The smallest absolute Gasteiger partial charge is 0.199 e. The van der Waals surface area contributed by atoms with Gasteiger partial charge in [0.25, 0.3) is 0 Å². The SMILES string of the molecule is CN(C)c1ccc2c(c1)[Si](C)(C)C1=CC(=[N+](C)C)C=CC1=C2c1ccc(Br)cc1. The van der Waals surface area contributed by atoms with Crippen LogP contribution in [0.15, 0.2) is 75.9 Å². The zero-order valence-electron chi connectivity index (χ0n) is 18.0. The molecule has 1 heterocycles. The summed E-state index contributed by atoms with van der Waals surface area (Å²) in [5.41, 5.74) is 7.94. The van der Waals surface area contributed by atoms with Crippen LogP contribution in [0, 0.1) is 0 Å². The Labute approximate surface area is 183 Å². The fourth-order valence-corrected chi connectivity index (χ4v) is 7.64. The maximum atomic E-state index is 3.59. The van der Waals surface area contributed by atoms with Crippen molar-refractivity contribution < 1.29 is 4.58 Å². The first-order valence-corrected chi connectivity index (χ1v) is 13.8. The number of fused-ring (bicyclic) bond motifs is 2. The Morgan fingerprint density at radius 2 is 1.62 bits per heavy atom. The highest BCUT2D eigenvalue weighted by Crippen LogP contribution is 2.41. The van der Waals surface area contributed by atoms with Crippen LogP contribution >= 0.6 is 15.9 Å². The van der Waals surface area contributed by atoms with Crippen molar-refractivity contribution in [3.63, 3.8) is 0 Å². The molecule has 0 saturated carbocycles. The Hall–Kier alpha value is -2.17. The number of hydrogen-bond acceptors (Lipinski definition) is 1. The number of hydrogen-bond donors (Lipinski definition) is 0. The van der Waals surface area contributed by atoms with Gasteiger partial charge in [-0.2, -0.15) is 0 Å². The molecular weight excluding hydrogens is 436 g/mol. The average molecular weight is 465 g/mol. The molecule has 4 rings (SSSR count). The second kappa shape index (κ2) is 7.26. The molecule has 2 aliphatic rings.